The first kappa shape index (κ1) is 18.6. The summed E-state index contributed by atoms with van der Waals surface area (Å²) >= 11 is 0. The van der Waals surface area contributed by atoms with Crippen LogP contribution in [0, 0.1) is 6.92 Å². The van der Waals surface area contributed by atoms with Crippen molar-refractivity contribution in [1.29, 1.82) is 0 Å². The van der Waals surface area contributed by atoms with Gasteiger partial charge in [0.15, 0.2) is 0 Å². The van der Waals surface area contributed by atoms with Crippen LogP contribution < -0.4 is 15.5 Å². The molecule has 1 aliphatic heterocycles. The first-order valence-electron chi connectivity index (χ1n) is 8.80. The summed E-state index contributed by atoms with van der Waals surface area (Å²) in [6.07, 6.45) is 1.61. The van der Waals surface area contributed by atoms with E-state index in [1.165, 1.54) is 0 Å². The third kappa shape index (κ3) is 3.81. The standard InChI is InChI=1S/C20H22N4O3/c1-12(2)24-16-8-7-13(3)10-15(16)17(20(24)27)23-19(26)18(25)22-11-14-6-4-5-9-21-14/h4-10,12,17H,11H2,1-3H3,(H,22,25)(H,23,26). The lowest BCUT2D eigenvalue weighted by atomic mass is 10.1. The van der Waals surface area contributed by atoms with Crippen molar-refractivity contribution in [2.75, 3.05) is 4.90 Å². The Morgan fingerprint density at radius 2 is 1.96 bits per heavy atom. The topological polar surface area (TPSA) is 91.4 Å². The van der Waals surface area contributed by atoms with Crippen LogP contribution in [0.25, 0.3) is 0 Å². The average Bonchev–Trinajstić information content (AvgIpc) is 2.92. The van der Waals surface area contributed by atoms with Gasteiger partial charge in [-0.2, -0.15) is 0 Å². The van der Waals surface area contributed by atoms with E-state index in [2.05, 4.69) is 15.6 Å². The molecule has 0 fully saturated rings. The smallest absolute Gasteiger partial charge is 0.310 e. The van der Waals surface area contributed by atoms with Crippen LogP contribution in [0.5, 0.6) is 0 Å². The second-order valence-corrected chi connectivity index (χ2v) is 6.77. The van der Waals surface area contributed by atoms with Crippen molar-refractivity contribution in [3.63, 3.8) is 0 Å². The van der Waals surface area contributed by atoms with Gasteiger partial charge in [0.1, 0.15) is 6.04 Å². The number of nitrogens with one attached hydrogen (secondary N) is 2. The second kappa shape index (κ2) is 7.57. The molecule has 1 aliphatic rings. The maximum Gasteiger partial charge on any atom is 0.310 e. The van der Waals surface area contributed by atoms with Crippen LogP contribution >= 0.6 is 0 Å². The molecule has 1 aromatic heterocycles. The number of nitrogens with zero attached hydrogens (tertiary/aromatic N) is 2. The molecule has 0 saturated carbocycles. The van der Waals surface area contributed by atoms with Crippen molar-refractivity contribution in [3.8, 4) is 0 Å². The molecule has 0 aliphatic carbocycles. The third-order valence-electron chi connectivity index (χ3n) is 4.39. The van der Waals surface area contributed by atoms with Crippen molar-refractivity contribution in [2.45, 2.75) is 39.4 Å². The number of carbonyl (C=O) groups is 3. The summed E-state index contributed by atoms with van der Waals surface area (Å²) < 4.78 is 0. The van der Waals surface area contributed by atoms with Gasteiger partial charge in [-0.1, -0.05) is 23.8 Å². The van der Waals surface area contributed by atoms with Crippen LogP contribution in [-0.4, -0.2) is 28.7 Å². The van der Waals surface area contributed by atoms with E-state index < -0.39 is 17.9 Å². The Morgan fingerprint density at radius 1 is 1.19 bits per heavy atom. The minimum Gasteiger partial charge on any atom is -0.342 e. The molecule has 0 spiro atoms. The van der Waals surface area contributed by atoms with Gasteiger partial charge in [-0.15, -0.1) is 0 Å². The molecule has 140 valence electrons. The molecular formula is C20H22N4O3. The second-order valence-electron chi connectivity index (χ2n) is 6.77. The van der Waals surface area contributed by atoms with Gasteiger partial charge in [0.25, 0.3) is 5.91 Å². The van der Waals surface area contributed by atoms with Gasteiger partial charge in [0, 0.05) is 23.5 Å². The van der Waals surface area contributed by atoms with E-state index in [1.807, 2.05) is 39.0 Å². The van der Waals surface area contributed by atoms with Crippen LogP contribution in [0.3, 0.4) is 0 Å². The molecule has 1 unspecified atom stereocenters. The number of rotatable bonds is 4. The van der Waals surface area contributed by atoms with Crippen LogP contribution in [-0.2, 0) is 20.9 Å². The maximum absolute atomic E-state index is 12.8. The van der Waals surface area contributed by atoms with E-state index in [4.69, 9.17) is 0 Å². The summed E-state index contributed by atoms with van der Waals surface area (Å²) in [5.41, 5.74) is 3.09. The predicted molar refractivity (Wildman–Crippen MR) is 101 cm³/mol. The molecule has 27 heavy (non-hydrogen) atoms. The summed E-state index contributed by atoms with van der Waals surface area (Å²) in [7, 11) is 0. The highest BCUT2D eigenvalue weighted by molar-refractivity contribution is 6.35. The fourth-order valence-corrected chi connectivity index (χ4v) is 3.14. The molecule has 3 amide bonds. The van der Waals surface area contributed by atoms with Crippen LogP contribution in [0.2, 0.25) is 0 Å². The normalized spacial score (nSPS) is 15.6. The molecule has 0 radical (unpaired) electrons. The lowest BCUT2D eigenvalue weighted by Gasteiger charge is -2.22. The highest BCUT2D eigenvalue weighted by atomic mass is 16.2. The molecule has 3 rings (SSSR count). The van der Waals surface area contributed by atoms with E-state index in [0.717, 1.165) is 11.3 Å². The zero-order valence-electron chi connectivity index (χ0n) is 15.5. The summed E-state index contributed by atoms with van der Waals surface area (Å²) in [6, 6.07) is 10.1. The lowest BCUT2D eigenvalue weighted by molar-refractivity contribution is -0.140. The van der Waals surface area contributed by atoms with E-state index in [1.54, 1.807) is 29.3 Å². The van der Waals surface area contributed by atoms with Crippen LogP contribution in [0.1, 0.15) is 36.7 Å². The molecule has 7 nitrogen and oxygen atoms in total. The van der Waals surface area contributed by atoms with Crippen molar-refractivity contribution in [1.82, 2.24) is 15.6 Å². The number of anilines is 1. The van der Waals surface area contributed by atoms with Crippen molar-refractivity contribution < 1.29 is 14.4 Å². The number of carbonyl (C=O) groups excluding carboxylic acids is 3. The fraction of sp³-hybridized carbons (Fsp3) is 0.300. The average molecular weight is 366 g/mol. The number of pyridine rings is 1. The highest BCUT2D eigenvalue weighted by Gasteiger charge is 2.40. The molecular weight excluding hydrogens is 344 g/mol. The quantitative estimate of drug-likeness (QED) is 0.805. The lowest BCUT2D eigenvalue weighted by Crippen LogP contribution is -2.45. The Morgan fingerprint density at radius 3 is 2.63 bits per heavy atom. The summed E-state index contributed by atoms with van der Waals surface area (Å²) in [6.45, 7) is 5.87. The minimum absolute atomic E-state index is 0.0566. The van der Waals surface area contributed by atoms with Gasteiger partial charge < -0.3 is 15.5 Å². The molecule has 2 heterocycles. The zero-order valence-corrected chi connectivity index (χ0v) is 15.5. The highest BCUT2D eigenvalue weighted by Crippen LogP contribution is 2.37. The number of fused-ring (bicyclic) bond motifs is 1. The zero-order chi connectivity index (χ0) is 19.6. The number of aryl methyl sites for hydroxylation is 1. The van der Waals surface area contributed by atoms with E-state index in [0.29, 0.717) is 11.3 Å². The van der Waals surface area contributed by atoms with Gasteiger partial charge in [-0.3, -0.25) is 19.4 Å². The third-order valence-corrected chi connectivity index (χ3v) is 4.39. The predicted octanol–water partition coefficient (Wildman–Crippen LogP) is 1.62. The number of benzene rings is 1. The molecule has 0 saturated heterocycles. The molecule has 7 heteroatoms. The van der Waals surface area contributed by atoms with Crippen molar-refractivity contribution in [2.24, 2.45) is 0 Å². The Hall–Kier alpha value is -3.22. The largest absolute Gasteiger partial charge is 0.342 e. The van der Waals surface area contributed by atoms with Gasteiger partial charge in [0.2, 0.25) is 0 Å². The van der Waals surface area contributed by atoms with Crippen LogP contribution in [0.15, 0.2) is 42.6 Å². The maximum atomic E-state index is 12.8. The van der Waals surface area contributed by atoms with Crippen LogP contribution in [0.4, 0.5) is 5.69 Å². The van der Waals surface area contributed by atoms with E-state index in [9.17, 15) is 14.4 Å². The number of hydrogen-bond donors (Lipinski definition) is 2. The Bertz CT molecular complexity index is 880. The molecule has 1 atom stereocenters. The Balaban J connectivity index is 1.72. The van der Waals surface area contributed by atoms with Gasteiger partial charge in [-0.05, 0) is 39.0 Å². The SMILES string of the molecule is Cc1ccc2c(c1)C(NC(=O)C(=O)NCc1ccccn1)C(=O)N2C(C)C. The monoisotopic (exact) mass is 366 g/mol. The molecule has 2 aromatic rings. The van der Waals surface area contributed by atoms with E-state index >= 15 is 0 Å². The summed E-state index contributed by atoms with van der Waals surface area (Å²) in [5.74, 6) is -1.88. The Kier molecular flexibility index (Phi) is 5.21. The summed E-state index contributed by atoms with van der Waals surface area (Å²) in [4.78, 5) is 43.0. The van der Waals surface area contributed by atoms with Gasteiger partial charge in [0.05, 0.1) is 12.2 Å². The van der Waals surface area contributed by atoms with Crippen molar-refractivity contribution in [3.05, 3.63) is 59.4 Å². The van der Waals surface area contributed by atoms with E-state index in [-0.39, 0.29) is 18.5 Å². The molecule has 1 aromatic carbocycles. The minimum atomic E-state index is -0.865. The molecule has 0 bridgehead atoms. The van der Waals surface area contributed by atoms with Gasteiger partial charge in [-0.25, -0.2) is 0 Å². The van der Waals surface area contributed by atoms with Gasteiger partial charge >= 0.3 is 11.8 Å². The number of aromatic nitrogens is 1. The summed E-state index contributed by atoms with van der Waals surface area (Å²) in [5, 5.41) is 5.09. The molecule has 2 N–H and O–H groups in total. The number of amides is 3. The number of hydrogen-bond acceptors (Lipinski definition) is 4. The first-order valence-corrected chi connectivity index (χ1v) is 8.80. The fourth-order valence-electron chi connectivity index (χ4n) is 3.14. The van der Waals surface area contributed by atoms with Crippen molar-refractivity contribution >= 4 is 23.4 Å². The first-order chi connectivity index (χ1) is 12.9. The Labute approximate surface area is 157 Å².